The number of anilines is 2. The highest BCUT2D eigenvalue weighted by Gasteiger charge is 2.22. The van der Waals surface area contributed by atoms with Crippen molar-refractivity contribution in [1.82, 2.24) is 5.32 Å². The van der Waals surface area contributed by atoms with Gasteiger partial charge in [0.25, 0.3) is 0 Å². The SMILES string of the molecule is Cc1cc(O)cc(N)c1CCC(=O)NC1CCNc2ccc(Cc3ccc(F)cc3)cc21. The Morgan fingerprint density at radius 3 is 2.66 bits per heavy atom. The summed E-state index contributed by atoms with van der Waals surface area (Å²) in [6.45, 7) is 2.67. The molecule has 4 rings (SSSR count). The predicted octanol–water partition coefficient (Wildman–Crippen LogP) is 4.62. The number of hydrogen-bond acceptors (Lipinski definition) is 4. The summed E-state index contributed by atoms with van der Waals surface area (Å²) in [7, 11) is 0. The number of fused-ring (bicyclic) bond motifs is 1. The van der Waals surface area contributed by atoms with Crippen molar-refractivity contribution in [3.63, 3.8) is 0 Å². The maximum absolute atomic E-state index is 13.2. The van der Waals surface area contributed by atoms with Crippen molar-refractivity contribution >= 4 is 17.3 Å². The summed E-state index contributed by atoms with van der Waals surface area (Å²) in [5.74, 6) is -0.134. The van der Waals surface area contributed by atoms with E-state index >= 15 is 0 Å². The van der Waals surface area contributed by atoms with Gasteiger partial charge in [0.05, 0.1) is 6.04 Å². The van der Waals surface area contributed by atoms with E-state index < -0.39 is 0 Å². The van der Waals surface area contributed by atoms with Crippen LogP contribution in [0.3, 0.4) is 0 Å². The van der Waals surface area contributed by atoms with Gasteiger partial charge in [-0.1, -0.05) is 24.3 Å². The minimum atomic E-state index is -0.240. The summed E-state index contributed by atoms with van der Waals surface area (Å²) in [6.07, 6.45) is 2.35. The van der Waals surface area contributed by atoms with Crippen molar-refractivity contribution in [2.75, 3.05) is 17.6 Å². The molecule has 1 aliphatic rings. The first kappa shape index (κ1) is 21.7. The van der Waals surface area contributed by atoms with E-state index in [1.165, 1.54) is 18.2 Å². The van der Waals surface area contributed by atoms with Crippen LogP contribution in [0.15, 0.2) is 54.6 Å². The first-order valence-corrected chi connectivity index (χ1v) is 10.9. The molecule has 0 bridgehead atoms. The number of carbonyl (C=O) groups excluding carboxylic acids is 1. The lowest BCUT2D eigenvalue weighted by atomic mass is 9.93. The van der Waals surface area contributed by atoms with Gasteiger partial charge in [0, 0.05) is 30.4 Å². The van der Waals surface area contributed by atoms with Crippen LogP contribution in [0.4, 0.5) is 15.8 Å². The Morgan fingerprint density at radius 2 is 1.91 bits per heavy atom. The van der Waals surface area contributed by atoms with Crippen molar-refractivity contribution in [3.8, 4) is 5.75 Å². The van der Waals surface area contributed by atoms with Gasteiger partial charge in [-0.3, -0.25) is 4.79 Å². The van der Waals surface area contributed by atoms with Gasteiger partial charge in [0.1, 0.15) is 11.6 Å². The molecule has 166 valence electrons. The number of aryl methyl sites for hydroxylation is 1. The lowest BCUT2D eigenvalue weighted by Gasteiger charge is -2.28. The standard InChI is InChI=1S/C26H28FN3O2/c1-16-12-20(31)15-23(28)21(16)7-9-26(32)30-25-10-11-29-24-8-4-18(14-22(24)25)13-17-2-5-19(27)6-3-17/h2-6,8,12,14-15,25,29,31H,7,9-11,13,28H2,1H3,(H,30,32). The molecule has 32 heavy (non-hydrogen) atoms. The summed E-state index contributed by atoms with van der Waals surface area (Å²) in [4.78, 5) is 12.7. The topological polar surface area (TPSA) is 87.4 Å². The van der Waals surface area contributed by atoms with Crippen LogP contribution in [0.1, 0.15) is 46.7 Å². The van der Waals surface area contributed by atoms with Crippen molar-refractivity contribution in [2.45, 2.75) is 38.6 Å². The minimum absolute atomic E-state index is 0.0290. The molecule has 5 N–H and O–H groups in total. The number of carbonyl (C=O) groups is 1. The third-order valence-corrected chi connectivity index (χ3v) is 5.99. The van der Waals surface area contributed by atoms with Gasteiger partial charge in [-0.15, -0.1) is 0 Å². The fraction of sp³-hybridized carbons (Fsp3) is 0.269. The molecule has 0 spiro atoms. The van der Waals surface area contributed by atoms with Crippen LogP contribution in [-0.4, -0.2) is 17.6 Å². The molecular weight excluding hydrogens is 405 g/mol. The molecule has 1 unspecified atom stereocenters. The third kappa shape index (κ3) is 5.02. The Hall–Kier alpha value is -3.54. The van der Waals surface area contributed by atoms with Gasteiger partial charge in [-0.25, -0.2) is 4.39 Å². The van der Waals surface area contributed by atoms with E-state index in [1.807, 2.05) is 13.0 Å². The largest absolute Gasteiger partial charge is 0.508 e. The number of aromatic hydroxyl groups is 1. The summed E-state index contributed by atoms with van der Waals surface area (Å²) in [6, 6.07) is 15.9. The van der Waals surface area contributed by atoms with Crippen LogP contribution in [0, 0.1) is 12.7 Å². The Kier molecular flexibility index (Phi) is 6.30. The van der Waals surface area contributed by atoms with E-state index in [2.05, 4.69) is 22.8 Å². The number of nitrogens with two attached hydrogens (primary N) is 1. The van der Waals surface area contributed by atoms with E-state index in [0.29, 0.717) is 24.9 Å². The van der Waals surface area contributed by atoms with Crippen LogP contribution in [0.25, 0.3) is 0 Å². The smallest absolute Gasteiger partial charge is 0.220 e. The minimum Gasteiger partial charge on any atom is -0.508 e. The molecule has 1 aliphatic heterocycles. The van der Waals surface area contributed by atoms with Crippen molar-refractivity contribution in [2.24, 2.45) is 0 Å². The molecule has 0 saturated carbocycles. The lowest BCUT2D eigenvalue weighted by molar-refractivity contribution is -0.121. The molecule has 0 aliphatic carbocycles. The summed E-state index contributed by atoms with van der Waals surface area (Å²) in [5, 5.41) is 16.2. The molecule has 6 heteroatoms. The second kappa shape index (κ2) is 9.30. The van der Waals surface area contributed by atoms with Gasteiger partial charge < -0.3 is 21.5 Å². The first-order valence-electron chi connectivity index (χ1n) is 10.9. The van der Waals surface area contributed by atoms with E-state index in [9.17, 15) is 14.3 Å². The zero-order valence-electron chi connectivity index (χ0n) is 18.1. The Labute approximate surface area is 187 Å². The average molecular weight is 434 g/mol. The van der Waals surface area contributed by atoms with Crippen LogP contribution >= 0.6 is 0 Å². The Morgan fingerprint density at radius 1 is 1.16 bits per heavy atom. The first-order chi connectivity index (χ1) is 15.4. The fourth-order valence-electron chi connectivity index (χ4n) is 4.34. The second-order valence-corrected chi connectivity index (χ2v) is 8.39. The van der Waals surface area contributed by atoms with Crippen molar-refractivity contribution in [3.05, 3.63) is 88.2 Å². The number of nitrogens with one attached hydrogen (secondary N) is 2. The summed E-state index contributed by atoms with van der Waals surface area (Å²) < 4.78 is 13.2. The molecule has 1 atom stereocenters. The fourth-order valence-corrected chi connectivity index (χ4v) is 4.34. The second-order valence-electron chi connectivity index (χ2n) is 8.39. The van der Waals surface area contributed by atoms with Gasteiger partial charge in [0.15, 0.2) is 0 Å². The Bertz CT molecular complexity index is 1110. The van der Waals surface area contributed by atoms with E-state index in [-0.39, 0.29) is 23.5 Å². The number of halogens is 1. The quantitative estimate of drug-likeness (QED) is 0.427. The van der Waals surface area contributed by atoms with Gasteiger partial charge in [-0.2, -0.15) is 0 Å². The highest BCUT2D eigenvalue weighted by atomic mass is 19.1. The van der Waals surface area contributed by atoms with Crippen molar-refractivity contribution in [1.29, 1.82) is 0 Å². The van der Waals surface area contributed by atoms with Crippen LogP contribution < -0.4 is 16.4 Å². The van der Waals surface area contributed by atoms with Crippen LogP contribution in [0.2, 0.25) is 0 Å². The van der Waals surface area contributed by atoms with Crippen molar-refractivity contribution < 1.29 is 14.3 Å². The number of hydrogen-bond donors (Lipinski definition) is 4. The number of rotatable bonds is 6. The molecule has 3 aromatic rings. The molecular formula is C26H28FN3O2. The van der Waals surface area contributed by atoms with E-state index in [0.717, 1.165) is 46.5 Å². The number of phenolic OH excluding ortho intramolecular Hbond substituents is 1. The number of benzene rings is 3. The Balaban J connectivity index is 1.44. The zero-order valence-corrected chi connectivity index (χ0v) is 18.1. The summed E-state index contributed by atoms with van der Waals surface area (Å²) >= 11 is 0. The maximum Gasteiger partial charge on any atom is 0.220 e. The molecule has 0 saturated heterocycles. The van der Waals surface area contributed by atoms with Gasteiger partial charge in [0.2, 0.25) is 5.91 Å². The third-order valence-electron chi connectivity index (χ3n) is 5.99. The number of amides is 1. The van der Waals surface area contributed by atoms with Gasteiger partial charge >= 0.3 is 0 Å². The maximum atomic E-state index is 13.2. The molecule has 3 aromatic carbocycles. The molecule has 0 aromatic heterocycles. The monoisotopic (exact) mass is 433 g/mol. The van der Waals surface area contributed by atoms with Gasteiger partial charge in [-0.05, 0) is 78.3 Å². The molecule has 1 heterocycles. The lowest BCUT2D eigenvalue weighted by Crippen LogP contribution is -2.33. The molecule has 0 fully saturated rings. The van der Waals surface area contributed by atoms with Crippen LogP contribution in [-0.2, 0) is 17.6 Å². The number of phenols is 1. The summed E-state index contributed by atoms with van der Waals surface area (Å²) in [5.41, 5.74) is 12.6. The predicted molar refractivity (Wildman–Crippen MR) is 125 cm³/mol. The molecule has 1 amide bonds. The normalized spacial score (nSPS) is 15.0. The average Bonchev–Trinajstić information content (AvgIpc) is 2.75. The molecule has 5 nitrogen and oxygen atoms in total. The highest BCUT2D eigenvalue weighted by molar-refractivity contribution is 5.78. The number of nitrogen functional groups attached to an aromatic ring is 1. The highest BCUT2D eigenvalue weighted by Crippen LogP contribution is 2.32. The van der Waals surface area contributed by atoms with E-state index in [4.69, 9.17) is 5.73 Å². The van der Waals surface area contributed by atoms with E-state index in [1.54, 1.807) is 18.2 Å². The zero-order chi connectivity index (χ0) is 22.7. The molecule has 0 radical (unpaired) electrons. The van der Waals surface area contributed by atoms with Crippen LogP contribution in [0.5, 0.6) is 5.75 Å².